The second-order valence-corrected chi connectivity index (χ2v) is 4.80. The summed E-state index contributed by atoms with van der Waals surface area (Å²) in [7, 11) is 1.61. The van der Waals surface area contributed by atoms with Crippen LogP contribution in [0.1, 0.15) is 31.0 Å². The van der Waals surface area contributed by atoms with Gasteiger partial charge in [-0.05, 0) is 37.5 Å². The molecule has 0 saturated carbocycles. The molecule has 1 aromatic heterocycles. The molecule has 20 heavy (non-hydrogen) atoms. The van der Waals surface area contributed by atoms with Crippen LogP contribution in [0.3, 0.4) is 0 Å². The highest BCUT2D eigenvalue weighted by Crippen LogP contribution is 2.18. The number of nitrogens with zero attached hydrogens (tertiary/aromatic N) is 2. The van der Waals surface area contributed by atoms with Crippen molar-refractivity contribution in [3.05, 3.63) is 41.6 Å². The van der Waals surface area contributed by atoms with E-state index in [9.17, 15) is 0 Å². The number of methoxy groups -OCH3 is 1. The van der Waals surface area contributed by atoms with Crippen molar-refractivity contribution in [2.45, 2.75) is 33.1 Å². The number of aromatic nitrogens is 2. The maximum Gasteiger partial charge on any atom is 0.230 e. The Balaban J connectivity index is 2.07. The van der Waals surface area contributed by atoms with Crippen LogP contribution in [0, 0.1) is 6.92 Å². The van der Waals surface area contributed by atoms with Gasteiger partial charge in [-0.2, -0.15) is 4.98 Å². The molecular weight excluding hydrogens is 250 g/mol. The molecule has 1 aromatic carbocycles. The molecule has 106 valence electrons. The molecule has 0 spiro atoms. The van der Waals surface area contributed by atoms with E-state index in [1.807, 2.05) is 6.92 Å². The average molecular weight is 271 g/mol. The third-order valence-corrected chi connectivity index (χ3v) is 3.07. The Labute approximate surface area is 120 Å². The molecule has 0 fully saturated rings. The Morgan fingerprint density at radius 3 is 2.55 bits per heavy atom. The van der Waals surface area contributed by atoms with Crippen LogP contribution in [0.4, 0.5) is 11.6 Å². The van der Waals surface area contributed by atoms with Crippen LogP contribution < -0.4 is 10.1 Å². The van der Waals surface area contributed by atoms with Crippen LogP contribution >= 0.6 is 0 Å². The first-order chi connectivity index (χ1) is 9.71. The van der Waals surface area contributed by atoms with Crippen molar-refractivity contribution in [1.29, 1.82) is 0 Å². The van der Waals surface area contributed by atoms with Gasteiger partial charge in [0.25, 0.3) is 0 Å². The minimum Gasteiger partial charge on any atom is -0.481 e. The molecule has 0 aliphatic rings. The van der Waals surface area contributed by atoms with Crippen molar-refractivity contribution in [2.24, 2.45) is 0 Å². The fourth-order valence-corrected chi connectivity index (χ4v) is 1.96. The lowest BCUT2D eigenvalue weighted by atomic mass is 10.1. The molecule has 0 saturated heterocycles. The summed E-state index contributed by atoms with van der Waals surface area (Å²) in [6.45, 7) is 4.13. The number of benzene rings is 1. The number of ether oxygens (including phenoxy) is 1. The summed E-state index contributed by atoms with van der Waals surface area (Å²) in [6, 6.07) is 10.2. The highest BCUT2D eigenvalue weighted by atomic mass is 16.5. The van der Waals surface area contributed by atoms with Gasteiger partial charge in [-0.1, -0.05) is 25.5 Å². The molecule has 0 bridgehead atoms. The summed E-state index contributed by atoms with van der Waals surface area (Å²) < 4.78 is 5.15. The van der Waals surface area contributed by atoms with Crippen LogP contribution in [-0.4, -0.2) is 17.1 Å². The summed E-state index contributed by atoms with van der Waals surface area (Å²) in [5.74, 6) is 1.13. The van der Waals surface area contributed by atoms with E-state index in [4.69, 9.17) is 4.74 Å². The SMILES string of the molecule is CCCCc1ccc(Nc2nc(C)cc(OC)n2)cc1. The maximum absolute atomic E-state index is 5.15. The Morgan fingerprint density at radius 2 is 1.90 bits per heavy atom. The van der Waals surface area contributed by atoms with Gasteiger partial charge in [0.2, 0.25) is 11.8 Å². The van der Waals surface area contributed by atoms with E-state index >= 15 is 0 Å². The van der Waals surface area contributed by atoms with Gasteiger partial charge < -0.3 is 10.1 Å². The zero-order chi connectivity index (χ0) is 14.4. The monoisotopic (exact) mass is 271 g/mol. The Hall–Kier alpha value is -2.10. The number of hydrogen-bond acceptors (Lipinski definition) is 4. The number of unbranched alkanes of at least 4 members (excludes halogenated alkanes) is 1. The Kier molecular flexibility index (Phi) is 4.93. The Morgan fingerprint density at radius 1 is 1.15 bits per heavy atom. The van der Waals surface area contributed by atoms with Gasteiger partial charge in [0.05, 0.1) is 7.11 Å². The molecule has 4 nitrogen and oxygen atoms in total. The standard InChI is InChI=1S/C16H21N3O/c1-4-5-6-13-7-9-14(10-8-13)18-16-17-12(2)11-15(19-16)20-3/h7-11H,4-6H2,1-3H3,(H,17,18,19). The first-order valence-corrected chi connectivity index (χ1v) is 6.97. The predicted molar refractivity (Wildman–Crippen MR) is 81.7 cm³/mol. The van der Waals surface area contributed by atoms with E-state index in [2.05, 4.69) is 46.5 Å². The van der Waals surface area contributed by atoms with E-state index in [1.165, 1.54) is 18.4 Å². The molecule has 2 rings (SSSR count). The summed E-state index contributed by atoms with van der Waals surface area (Å²) in [5.41, 5.74) is 3.22. The van der Waals surface area contributed by atoms with Crippen molar-refractivity contribution in [2.75, 3.05) is 12.4 Å². The summed E-state index contributed by atoms with van der Waals surface area (Å²) in [6.07, 6.45) is 3.58. The summed E-state index contributed by atoms with van der Waals surface area (Å²) in [4.78, 5) is 8.62. The topological polar surface area (TPSA) is 47.0 Å². The zero-order valence-corrected chi connectivity index (χ0v) is 12.3. The highest BCUT2D eigenvalue weighted by Gasteiger charge is 2.03. The molecule has 0 aliphatic heterocycles. The second-order valence-electron chi connectivity index (χ2n) is 4.80. The highest BCUT2D eigenvalue weighted by molar-refractivity contribution is 5.54. The van der Waals surface area contributed by atoms with Crippen LogP contribution in [-0.2, 0) is 6.42 Å². The van der Waals surface area contributed by atoms with Gasteiger partial charge in [-0.25, -0.2) is 4.98 Å². The third-order valence-electron chi connectivity index (χ3n) is 3.07. The first kappa shape index (κ1) is 14.3. The Bertz CT molecular complexity index is 552. The van der Waals surface area contributed by atoms with Gasteiger partial charge in [-0.3, -0.25) is 0 Å². The van der Waals surface area contributed by atoms with Crippen molar-refractivity contribution in [3.63, 3.8) is 0 Å². The van der Waals surface area contributed by atoms with E-state index in [0.717, 1.165) is 17.8 Å². The number of rotatable bonds is 6. The van der Waals surface area contributed by atoms with Crippen LogP contribution in [0.2, 0.25) is 0 Å². The van der Waals surface area contributed by atoms with Crippen molar-refractivity contribution in [3.8, 4) is 5.88 Å². The van der Waals surface area contributed by atoms with Crippen LogP contribution in [0.15, 0.2) is 30.3 Å². The van der Waals surface area contributed by atoms with E-state index < -0.39 is 0 Å². The fraction of sp³-hybridized carbons (Fsp3) is 0.375. The van der Waals surface area contributed by atoms with Crippen molar-refractivity contribution >= 4 is 11.6 Å². The maximum atomic E-state index is 5.15. The summed E-state index contributed by atoms with van der Waals surface area (Å²) in [5, 5.41) is 3.20. The predicted octanol–water partition coefficient (Wildman–Crippen LogP) is 3.88. The van der Waals surface area contributed by atoms with E-state index in [0.29, 0.717) is 11.8 Å². The minimum atomic E-state index is 0.558. The largest absolute Gasteiger partial charge is 0.481 e. The fourth-order valence-electron chi connectivity index (χ4n) is 1.96. The number of nitrogens with one attached hydrogen (secondary N) is 1. The molecule has 0 aliphatic carbocycles. The van der Waals surface area contributed by atoms with Gasteiger partial charge >= 0.3 is 0 Å². The van der Waals surface area contributed by atoms with Crippen molar-refractivity contribution < 1.29 is 4.74 Å². The minimum absolute atomic E-state index is 0.558. The molecule has 0 amide bonds. The number of hydrogen-bond donors (Lipinski definition) is 1. The van der Waals surface area contributed by atoms with Gasteiger partial charge in [0.1, 0.15) is 0 Å². The lowest BCUT2D eigenvalue weighted by molar-refractivity contribution is 0.397. The number of aryl methyl sites for hydroxylation is 2. The molecule has 1 heterocycles. The van der Waals surface area contributed by atoms with Crippen LogP contribution in [0.5, 0.6) is 5.88 Å². The third kappa shape index (κ3) is 3.95. The molecule has 1 N–H and O–H groups in total. The van der Waals surface area contributed by atoms with Crippen molar-refractivity contribution in [1.82, 2.24) is 9.97 Å². The lowest BCUT2D eigenvalue weighted by Crippen LogP contribution is -2.00. The molecule has 4 heteroatoms. The molecule has 0 radical (unpaired) electrons. The molecular formula is C16H21N3O. The average Bonchev–Trinajstić information content (AvgIpc) is 2.46. The lowest BCUT2D eigenvalue weighted by Gasteiger charge is -2.08. The van der Waals surface area contributed by atoms with E-state index in [-0.39, 0.29) is 0 Å². The smallest absolute Gasteiger partial charge is 0.230 e. The molecule has 2 aromatic rings. The molecule has 0 unspecified atom stereocenters. The van der Waals surface area contributed by atoms with E-state index in [1.54, 1.807) is 13.2 Å². The number of anilines is 2. The summed E-state index contributed by atoms with van der Waals surface area (Å²) >= 11 is 0. The van der Waals surface area contributed by atoms with Gasteiger partial charge in [0.15, 0.2) is 0 Å². The second kappa shape index (κ2) is 6.89. The quantitative estimate of drug-likeness (QED) is 0.866. The zero-order valence-electron chi connectivity index (χ0n) is 12.3. The van der Waals surface area contributed by atoms with Gasteiger partial charge in [0, 0.05) is 17.4 Å². The normalized spacial score (nSPS) is 10.3. The first-order valence-electron chi connectivity index (χ1n) is 6.97. The molecule has 0 atom stereocenters. The van der Waals surface area contributed by atoms with Gasteiger partial charge in [-0.15, -0.1) is 0 Å². The van der Waals surface area contributed by atoms with Crippen LogP contribution in [0.25, 0.3) is 0 Å².